The number of carbonyl (C=O) groups is 1. The van der Waals surface area contributed by atoms with Gasteiger partial charge < -0.3 is 19.9 Å². The molecule has 0 atom stereocenters. The first-order chi connectivity index (χ1) is 15.4. The second kappa shape index (κ2) is 8.94. The third-order valence-electron chi connectivity index (χ3n) is 5.34. The molecular weight excluding hydrogens is 421 g/mol. The first kappa shape index (κ1) is 21.7. The molecule has 2 amide bonds. The summed E-state index contributed by atoms with van der Waals surface area (Å²) in [5.41, 5.74) is 0.0347. The van der Waals surface area contributed by atoms with Crippen molar-refractivity contribution in [2.75, 3.05) is 32.7 Å². The molecule has 0 bridgehead atoms. The summed E-state index contributed by atoms with van der Waals surface area (Å²) < 4.78 is 45.8. The van der Waals surface area contributed by atoms with Crippen LogP contribution in [0.2, 0.25) is 0 Å². The fraction of sp³-hybridized carbons (Fsp3) is 0.304. The number of fused-ring (bicyclic) bond motifs is 2. The van der Waals surface area contributed by atoms with E-state index in [4.69, 9.17) is 4.74 Å². The van der Waals surface area contributed by atoms with Crippen molar-refractivity contribution in [2.24, 2.45) is 4.99 Å². The fourth-order valence-electron chi connectivity index (χ4n) is 3.75. The number of benzene rings is 2. The zero-order chi connectivity index (χ0) is 22.7. The summed E-state index contributed by atoms with van der Waals surface area (Å²) in [4.78, 5) is 20.7. The molecule has 2 heterocycles. The lowest BCUT2D eigenvalue weighted by Gasteiger charge is -2.25. The highest BCUT2D eigenvalue weighted by Gasteiger charge is 2.32. The number of nitrogens with one attached hydrogen (secondary N) is 1. The molecule has 2 aliphatic rings. The van der Waals surface area contributed by atoms with E-state index in [0.29, 0.717) is 56.3 Å². The van der Waals surface area contributed by atoms with Crippen LogP contribution in [0.25, 0.3) is 0 Å². The van der Waals surface area contributed by atoms with Gasteiger partial charge in [-0.3, -0.25) is 0 Å². The number of urea groups is 1. The fourth-order valence-corrected chi connectivity index (χ4v) is 3.75. The van der Waals surface area contributed by atoms with E-state index >= 15 is 0 Å². The van der Waals surface area contributed by atoms with E-state index < -0.39 is 11.7 Å². The predicted molar refractivity (Wildman–Crippen MR) is 116 cm³/mol. The molecule has 0 radical (unpaired) electrons. The summed E-state index contributed by atoms with van der Waals surface area (Å²) >= 11 is 0. The molecule has 1 N–H and O–H groups in total. The summed E-state index contributed by atoms with van der Waals surface area (Å²) in [6.45, 7) is 6.10. The lowest BCUT2D eigenvalue weighted by Crippen LogP contribution is -2.42. The molecule has 0 spiro atoms. The van der Waals surface area contributed by atoms with E-state index in [1.807, 2.05) is 17.0 Å². The van der Waals surface area contributed by atoms with Crippen LogP contribution in [0, 0.1) is 0 Å². The number of nitrogens with zero attached hydrogens (tertiary/aromatic N) is 3. The third kappa shape index (κ3) is 4.56. The van der Waals surface area contributed by atoms with Gasteiger partial charge in [0.25, 0.3) is 0 Å². The molecule has 0 aliphatic carbocycles. The van der Waals surface area contributed by atoms with E-state index in [1.165, 1.54) is 6.07 Å². The Balaban J connectivity index is 1.68. The van der Waals surface area contributed by atoms with Crippen LogP contribution in [-0.4, -0.2) is 54.4 Å². The number of aliphatic imine (C=N–C) groups is 1. The average Bonchev–Trinajstić information content (AvgIpc) is 3.11. The van der Waals surface area contributed by atoms with Crippen molar-refractivity contribution >= 4 is 17.6 Å². The predicted octanol–water partition coefficient (Wildman–Crippen LogP) is 4.79. The normalized spacial score (nSPS) is 16.0. The second-order valence-corrected chi connectivity index (χ2v) is 7.52. The maximum absolute atomic E-state index is 13.3. The molecule has 6 nitrogen and oxygen atoms in total. The summed E-state index contributed by atoms with van der Waals surface area (Å²) in [5, 5.41) is 2.78. The van der Waals surface area contributed by atoms with E-state index in [1.54, 1.807) is 23.1 Å². The average molecular weight is 444 g/mol. The number of carbonyl (C=O) groups excluding carboxylic acids is 1. The molecule has 0 aromatic heterocycles. The van der Waals surface area contributed by atoms with Crippen molar-refractivity contribution in [3.8, 4) is 11.5 Å². The molecule has 2 aromatic rings. The Labute approximate surface area is 184 Å². The quantitative estimate of drug-likeness (QED) is 0.678. The number of ether oxygens (including phenoxy) is 1. The monoisotopic (exact) mass is 444 g/mol. The van der Waals surface area contributed by atoms with Crippen LogP contribution in [0.15, 0.2) is 60.1 Å². The van der Waals surface area contributed by atoms with Crippen LogP contribution in [0.1, 0.15) is 17.5 Å². The van der Waals surface area contributed by atoms with E-state index in [-0.39, 0.29) is 17.5 Å². The Hall–Kier alpha value is -3.49. The highest BCUT2D eigenvalue weighted by Crippen LogP contribution is 2.41. The van der Waals surface area contributed by atoms with Gasteiger partial charge in [0.05, 0.1) is 11.1 Å². The summed E-state index contributed by atoms with van der Waals surface area (Å²) in [6.07, 6.45) is -2.17. The molecule has 2 aliphatic heterocycles. The number of amidine groups is 1. The minimum absolute atomic E-state index is 0.121. The van der Waals surface area contributed by atoms with E-state index in [2.05, 4.69) is 16.9 Å². The van der Waals surface area contributed by atoms with Gasteiger partial charge in [0.2, 0.25) is 0 Å². The van der Waals surface area contributed by atoms with Crippen LogP contribution in [0.5, 0.6) is 11.5 Å². The smallest absolute Gasteiger partial charge is 0.416 e. The van der Waals surface area contributed by atoms with Gasteiger partial charge in [-0.2, -0.15) is 13.2 Å². The number of para-hydroxylation sites is 1. The van der Waals surface area contributed by atoms with Crippen molar-refractivity contribution in [3.05, 3.63) is 66.2 Å². The molecule has 2 aromatic carbocycles. The number of rotatable bonds is 2. The number of amides is 2. The lowest BCUT2D eigenvalue weighted by atomic mass is 10.1. The molecule has 1 saturated heterocycles. The highest BCUT2D eigenvalue weighted by molar-refractivity contribution is 6.03. The van der Waals surface area contributed by atoms with Gasteiger partial charge in [-0.25, -0.2) is 9.79 Å². The zero-order valence-electron chi connectivity index (χ0n) is 17.4. The van der Waals surface area contributed by atoms with Crippen LogP contribution < -0.4 is 10.1 Å². The minimum Gasteiger partial charge on any atom is -0.454 e. The topological polar surface area (TPSA) is 57.2 Å². The van der Waals surface area contributed by atoms with Crippen molar-refractivity contribution in [3.63, 3.8) is 0 Å². The van der Waals surface area contributed by atoms with Gasteiger partial charge in [-0.05, 0) is 36.8 Å². The summed E-state index contributed by atoms with van der Waals surface area (Å²) in [5.74, 6) is 1.32. The van der Waals surface area contributed by atoms with E-state index in [9.17, 15) is 18.0 Å². The van der Waals surface area contributed by atoms with Gasteiger partial charge in [0.1, 0.15) is 17.3 Å². The highest BCUT2D eigenvalue weighted by atomic mass is 19.4. The standard InChI is InChI=1S/C23H23F3N4O2/c1-2-10-27-22(31)30-12-5-11-29(13-14-30)21-17-6-3-4-7-19(17)32-20-9-8-16(23(24,25)26)15-18(20)28-21/h2-4,6-9,15H,1,5,10-14H2,(H,27,31). The Kier molecular flexibility index (Phi) is 6.07. The number of alkyl halides is 3. The maximum Gasteiger partial charge on any atom is 0.416 e. The number of hydrogen-bond acceptors (Lipinski definition) is 4. The molecule has 32 heavy (non-hydrogen) atoms. The second-order valence-electron chi connectivity index (χ2n) is 7.52. The molecular formula is C23H23F3N4O2. The first-order valence-electron chi connectivity index (χ1n) is 10.3. The van der Waals surface area contributed by atoms with Gasteiger partial charge >= 0.3 is 12.2 Å². The van der Waals surface area contributed by atoms with Crippen LogP contribution in [-0.2, 0) is 6.18 Å². The third-order valence-corrected chi connectivity index (χ3v) is 5.34. The SMILES string of the molecule is C=CCNC(=O)N1CCCN(C2=Nc3cc(C(F)(F)F)ccc3Oc3ccccc32)CC1. The lowest BCUT2D eigenvalue weighted by molar-refractivity contribution is -0.137. The van der Waals surface area contributed by atoms with Gasteiger partial charge in [-0.15, -0.1) is 6.58 Å². The Morgan fingerprint density at radius 2 is 1.94 bits per heavy atom. The Morgan fingerprint density at radius 3 is 2.72 bits per heavy atom. The van der Waals surface area contributed by atoms with Crippen molar-refractivity contribution in [1.29, 1.82) is 0 Å². The summed E-state index contributed by atoms with van der Waals surface area (Å²) in [7, 11) is 0. The van der Waals surface area contributed by atoms with Crippen molar-refractivity contribution < 1.29 is 22.7 Å². The summed E-state index contributed by atoms with van der Waals surface area (Å²) in [6, 6.07) is 10.4. The Bertz CT molecular complexity index is 1050. The van der Waals surface area contributed by atoms with Crippen LogP contribution in [0.4, 0.5) is 23.7 Å². The van der Waals surface area contributed by atoms with Crippen LogP contribution >= 0.6 is 0 Å². The largest absolute Gasteiger partial charge is 0.454 e. The van der Waals surface area contributed by atoms with Gasteiger partial charge in [0.15, 0.2) is 5.75 Å². The maximum atomic E-state index is 13.3. The molecule has 0 unspecified atom stereocenters. The molecule has 9 heteroatoms. The molecule has 4 rings (SSSR count). The van der Waals surface area contributed by atoms with Crippen molar-refractivity contribution in [2.45, 2.75) is 12.6 Å². The minimum atomic E-state index is -4.48. The molecule has 1 fully saturated rings. The first-order valence-corrected chi connectivity index (χ1v) is 10.3. The number of halogens is 3. The molecule has 0 saturated carbocycles. The Morgan fingerprint density at radius 1 is 1.12 bits per heavy atom. The molecule has 168 valence electrons. The zero-order valence-corrected chi connectivity index (χ0v) is 17.4. The van der Waals surface area contributed by atoms with Gasteiger partial charge in [0, 0.05) is 32.7 Å². The number of hydrogen-bond donors (Lipinski definition) is 1. The van der Waals surface area contributed by atoms with E-state index in [0.717, 1.165) is 12.1 Å². The van der Waals surface area contributed by atoms with Gasteiger partial charge in [-0.1, -0.05) is 18.2 Å². The van der Waals surface area contributed by atoms with Crippen LogP contribution in [0.3, 0.4) is 0 Å². The van der Waals surface area contributed by atoms with Crippen molar-refractivity contribution in [1.82, 2.24) is 15.1 Å².